The highest BCUT2D eigenvalue weighted by Crippen LogP contribution is 2.31. The van der Waals surface area contributed by atoms with Gasteiger partial charge in [0.25, 0.3) is 0 Å². The first kappa shape index (κ1) is 15.8. The van der Waals surface area contributed by atoms with E-state index in [1.165, 1.54) is 27.5 Å². The molecule has 2 rings (SSSR count). The summed E-state index contributed by atoms with van der Waals surface area (Å²) in [6, 6.07) is 11.6. The minimum absolute atomic E-state index is 0.571. The molecule has 0 aromatic heterocycles. The third-order valence-electron chi connectivity index (χ3n) is 3.98. The van der Waals surface area contributed by atoms with Gasteiger partial charge in [-0.3, -0.25) is 0 Å². The lowest BCUT2D eigenvalue weighted by atomic mass is 9.88. The smallest absolute Gasteiger partial charge is 0.0175 e. The molecule has 0 amide bonds. The molecule has 0 aliphatic rings. The van der Waals surface area contributed by atoms with Crippen molar-refractivity contribution in [1.82, 2.24) is 0 Å². The zero-order chi connectivity index (χ0) is 15.6. The van der Waals surface area contributed by atoms with Crippen LogP contribution in [0, 0.1) is 5.92 Å². The van der Waals surface area contributed by atoms with Crippen LogP contribution in [-0.4, -0.2) is 0 Å². The number of hydrogen-bond donors (Lipinski definition) is 0. The third-order valence-corrected chi connectivity index (χ3v) is 3.98. The van der Waals surface area contributed by atoms with E-state index in [2.05, 4.69) is 84.0 Å². The summed E-state index contributed by atoms with van der Waals surface area (Å²) in [6.07, 6.45) is 4.49. The van der Waals surface area contributed by atoms with Crippen molar-refractivity contribution in [2.24, 2.45) is 5.92 Å². The Morgan fingerprint density at radius 2 is 1.29 bits per heavy atom. The summed E-state index contributed by atoms with van der Waals surface area (Å²) < 4.78 is 0. The fourth-order valence-electron chi connectivity index (χ4n) is 2.76. The van der Waals surface area contributed by atoms with E-state index in [1.807, 2.05) is 0 Å². The van der Waals surface area contributed by atoms with Crippen LogP contribution < -0.4 is 0 Å². The molecule has 0 aliphatic carbocycles. The van der Waals surface area contributed by atoms with Crippen LogP contribution in [-0.2, 0) is 0 Å². The highest BCUT2D eigenvalue weighted by Gasteiger charge is 2.11. The number of benzene rings is 2. The lowest BCUT2D eigenvalue weighted by Gasteiger charge is -2.17. The van der Waals surface area contributed by atoms with Gasteiger partial charge in [-0.05, 0) is 51.3 Å². The minimum atomic E-state index is 0.571. The summed E-state index contributed by atoms with van der Waals surface area (Å²) >= 11 is 0. The first-order valence-electron chi connectivity index (χ1n) is 8.14. The van der Waals surface area contributed by atoms with Gasteiger partial charge in [-0.15, -0.1) is 0 Å². The van der Waals surface area contributed by atoms with E-state index in [0.29, 0.717) is 17.8 Å². The van der Waals surface area contributed by atoms with E-state index >= 15 is 0 Å². The zero-order valence-electron chi connectivity index (χ0n) is 14.3. The molecule has 0 heterocycles. The van der Waals surface area contributed by atoms with Crippen molar-refractivity contribution in [3.8, 4) is 0 Å². The fourth-order valence-corrected chi connectivity index (χ4v) is 2.76. The van der Waals surface area contributed by atoms with Crippen LogP contribution in [0.15, 0.2) is 36.4 Å². The molecule has 0 bridgehead atoms. The molecule has 0 N–H and O–H groups in total. The predicted molar refractivity (Wildman–Crippen MR) is 96.0 cm³/mol. The van der Waals surface area contributed by atoms with Crippen LogP contribution >= 0.6 is 0 Å². The quantitative estimate of drug-likeness (QED) is 0.580. The molecule has 0 atom stereocenters. The van der Waals surface area contributed by atoms with Gasteiger partial charge in [-0.2, -0.15) is 0 Å². The second kappa shape index (κ2) is 6.47. The maximum absolute atomic E-state index is 2.39. The fraction of sp³-hybridized carbons (Fsp3) is 0.429. The van der Waals surface area contributed by atoms with Gasteiger partial charge in [0.1, 0.15) is 0 Å². The highest BCUT2D eigenvalue weighted by atomic mass is 14.2. The van der Waals surface area contributed by atoms with Gasteiger partial charge in [0, 0.05) is 0 Å². The average Bonchev–Trinajstić information content (AvgIpc) is 2.43. The molecular formula is C21H28. The Morgan fingerprint density at radius 3 is 1.81 bits per heavy atom. The van der Waals surface area contributed by atoms with Gasteiger partial charge in [0.15, 0.2) is 0 Å². The lowest BCUT2D eigenvalue weighted by molar-refractivity contribution is 0.793. The molecule has 2 aromatic carbocycles. The van der Waals surface area contributed by atoms with Crippen LogP contribution in [0.4, 0.5) is 0 Å². The second-order valence-electron chi connectivity index (χ2n) is 7.00. The van der Waals surface area contributed by atoms with Crippen molar-refractivity contribution in [2.75, 3.05) is 0 Å². The molecule has 0 unspecified atom stereocenters. The number of allylic oxidation sites excluding steroid dienone is 1. The monoisotopic (exact) mass is 280 g/mol. The minimum Gasteiger partial charge on any atom is -0.0814 e. The van der Waals surface area contributed by atoms with Gasteiger partial charge >= 0.3 is 0 Å². The predicted octanol–water partition coefficient (Wildman–Crippen LogP) is 6.76. The molecule has 0 aliphatic heterocycles. The van der Waals surface area contributed by atoms with Gasteiger partial charge in [-0.25, -0.2) is 0 Å². The van der Waals surface area contributed by atoms with E-state index in [0.717, 1.165) is 0 Å². The van der Waals surface area contributed by atoms with Crippen molar-refractivity contribution in [3.05, 3.63) is 53.1 Å². The van der Waals surface area contributed by atoms with Gasteiger partial charge in [0.05, 0.1) is 0 Å². The molecule has 2 aromatic rings. The maximum Gasteiger partial charge on any atom is -0.0175 e. The van der Waals surface area contributed by atoms with E-state index in [1.54, 1.807) is 0 Å². The van der Waals surface area contributed by atoms with Crippen molar-refractivity contribution in [3.63, 3.8) is 0 Å². The van der Waals surface area contributed by atoms with Crippen LogP contribution in [0.5, 0.6) is 0 Å². The summed E-state index contributed by atoms with van der Waals surface area (Å²) in [5.74, 6) is 1.74. The lowest BCUT2D eigenvalue weighted by Crippen LogP contribution is -1.98. The number of hydrogen-bond acceptors (Lipinski definition) is 0. The Labute approximate surface area is 129 Å². The molecule has 112 valence electrons. The Morgan fingerprint density at radius 1 is 0.714 bits per heavy atom. The highest BCUT2D eigenvalue weighted by molar-refractivity contribution is 5.86. The van der Waals surface area contributed by atoms with Gasteiger partial charge < -0.3 is 0 Å². The largest absolute Gasteiger partial charge is 0.0814 e. The van der Waals surface area contributed by atoms with E-state index in [4.69, 9.17) is 0 Å². The topological polar surface area (TPSA) is 0 Å². The van der Waals surface area contributed by atoms with Crippen molar-refractivity contribution < 1.29 is 0 Å². The molecule has 0 fully saturated rings. The van der Waals surface area contributed by atoms with Crippen molar-refractivity contribution in [1.29, 1.82) is 0 Å². The summed E-state index contributed by atoms with van der Waals surface area (Å²) in [4.78, 5) is 0. The Hall–Kier alpha value is -1.56. The summed E-state index contributed by atoms with van der Waals surface area (Å²) in [7, 11) is 0. The van der Waals surface area contributed by atoms with Crippen molar-refractivity contribution in [2.45, 2.75) is 53.4 Å². The first-order valence-corrected chi connectivity index (χ1v) is 8.14. The Balaban J connectivity index is 2.55. The van der Waals surface area contributed by atoms with E-state index in [-0.39, 0.29) is 0 Å². The van der Waals surface area contributed by atoms with Crippen LogP contribution in [0.2, 0.25) is 0 Å². The third kappa shape index (κ3) is 3.75. The Kier molecular flexibility index (Phi) is 4.88. The van der Waals surface area contributed by atoms with Gasteiger partial charge in [0.2, 0.25) is 0 Å². The first-order chi connectivity index (χ1) is 9.88. The van der Waals surface area contributed by atoms with Crippen LogP contribution in [0.25, 0.3) is 16.8 Å². The standard InChI is InChI=1S/C21H28/c1-14(2)7-8-17-9-10-18-12-20(15(3)4)21(16(5)6)13-19(18)11-17/h7-16H,1-6H3/b8-7+. The van der Waals surface area contributed by atoms with E-state index in [9.17, 15) is 0 Å². The van der Waals surface area contributed by atoms with Crippen LogP contribution in [0.1, 0.15) is 70.1 Å². The number of rotatable bonds is 4. The number of fused-ring (bicyclic) bond motifs is 1. The molecule has 0 nitrogen and oxygen atoms in total. The second-order valence-corrected chi connectivity index (χ2v) is 7.00. The molecule has 0 saturated carbocycles. The summed E-state index contributed by atoms with van der Waals surface area (Å²) in [5.41, 5.74) is 4.27. The Bertz CT molecular complexity index is 642. The van der Waals surface area contributed by atoms with E-state index < -0.39 is 0 Å². The van der Waals surface area contributed by atoms with Crippen molar-refractivity contribution >= 4 is 16.8 Å². The maximum atomic E-state index is 2.39. The SMILES string of the molecule is CC(C)/C=C/c1ccc2cc(C(C)C)c(C(C)C)cc2c1. The normalized spacial score (nSPS) is 12.4. The molecular weight excluding hydrogens is 252 g/mol. The summed E-state index contributed by atoms with van der Waals surface area (Å²) in [5, 5.41) is 2.71. The summed E-state index contributed by atoms with van der Waals surface area (Å²) in [6.45, 7) is 13.6. The molecule has 21 heavy (non-hydrogen) atoms. The molecule has 0 heteroatoms. The van der Waals surface area contributed by atoms with Gasteiger partial charge in [-0.1, -0.05) is 78.0 Å². The molecule has 0 saturated heterocycles. The molecule has 0 radical (unpaired) electrons. The zero-order valence-corrected chi connectivity index (χ0v) is 14.3. The molecule has 0 spiro atoms. The van der Waals surface area contributed by atoms with Crippen LogP contribution in [0.3, 0.4) is 0 Å². The average molecular weight is 280 g/mol.